The van der Waals surface area contributed by atoms with E-state index >= 15 is 0 Å². The largest absolute Gasteiger partial charge is 0.338 e. The van der Waals surface area contributed by atoms with Gasteiger partial charge in [-0.3, -0.25) is 4.79 Å². The van der Waals surface area contributed by atoms with Crippen LogP contribution < -0.4 is 5.32 Å². The normalized spacial score (nSPS) is 19.1. The van der Waals surface area contributed by atoms with E-state index in [1.165, 1.54) is 5.56 Å². The van der Waals surface area contributed by atoms with E-state index in [0.29, 0.717) is 5.91 Å². The lowest BCUT2D eigenvalue weighted by molar-refractivity contribution is -0.136. The summed E-state index contributed by atoms with van der Waals surface area (Å²) in [5, 5.41) is 3.33. The number of amides is 1. The van der Waals surface area contributed by atoms with Crippen LogP contribution in [0.2, 0.25) is 0 Å². The van der Waals surface area contributed by atoms with Gasteiger partial charge < -0.3 is 10.2 Å². The molecule has 0 aliphatic carbocycles. The van der Waals surface area contributed by atoms with Gasteiger partial charge in [0.25, 0.3) is 0 Å². The van der Waals surface area contributed by atoms with Crippen LogP contribution >= 0.6 is 0 Å². The van der Waals surface area contributed by atoms with Gasteiger partial charge in [-0.05, 0) is 31.4 Å². The lowest BCUT2D eigenvalue weighted by Gasteiger charge is -2.29. The molecule has 2 rings (SSSR count). The number of hydrogen-bond acceptors (Lipinski definition) is 2. The van der Waals surface area contributed by atoms with E-state index in [4.69, 9.17) is 0 Å². The second-order valence-corrected chi connectivity index (χ2v) is 5.29. The van der Waals surface area contributed by atoms with Crippen LogP contribution in [-0.4, -0.2) is 30.4 Å². The number of nitrogens with one attached hydrogen (secondary N) is 1. The molecule has 104 valence electrons. The zero-order chi connectivity index (χ0) is 13.5. The third-order valence-corrected chi connectivity index (χ3v) is 3.67. The number of benzene rings is 1. The highest BCUT2D eigenvalue weighted by Crippen LogP contribution is 2.16. The summed E-state index contributed by atoms with van der Waals surface area (Å²) in [7, 11) is 0. The third-order valence-electron chi connectivity index (χ3n) is 3.67. The molecule has 1 aromatic carbocycles. The summed E-state index contributed by atoms with van der Waals surface area (Å²) >= 11 is 0. The molecule has 0 unspecified atom stereocenters. The van der Waals surface area contributed by atoms with Crippen LogP contribution in [0.25, 0.3) is 0 Å². The molecule has 1 fully saturated rings. The number of carbonyl (C=O) groups excluding carboxylic acids is 1. The molecule has 3 heteroatoms. The lowest BCUT2D eigenvalue weighted by atomic mass is 9.97. The van der Waals surface area contributed by atoms with Crippen molar-refractivity contribution in [3.63, 3.8) is 0 Å². The lowest BCUT2D eigenvalue weighted by Crippen LogP contribution is -2.43. The molecular formula is C16H24N2O. The van der Waals surface area contributed by atoms with Crippen molar-refractivity contribution in [3.05, 3.63) is 35.9 Å². The summed E-state index contributed by atoms with van der Waals surface area (Å²) < 4.78 is 0. The smallest absolute Gasteiger partial charge is 0.227 e. The molecule has 1 saturated heterocycles. The summed E-state index contributed by atoms with van der Waals surface area (Å²) in [6.45, 7) is 5.61. The van der Waals surface area contributed by atoms with Crippen molar-refractivity contribution in [2.45, 2.75) is 32.7 Å². The first-order valence-corrected chi connectivity index (χ1v) is 7.34. The van der Waals surface area contributed by atoms with Crippen molar-refractivity contribution >= 4 is 5.91 Å². The van der Waals surface area contributed by atoms with Gasteiger partial charge in [-0.25, -0.2) is 0 Å². The highest BCUT2D eigenvalue weighted by molar-refractivity contribution is 5.79. The second kappa shape index (κ2) is 7.29. The predicted octanol–water partition coefficient (Wildman–Crippen LogP) is 2.42. The molecule has 0 aromatic heterocycles. The van der Waals surface area contributed by atoms with Crippen LogP contribution in [0, 0.1) is 5.92 Å². The molecule has 1 aliphatic rings. The summed E-state index contributed by atoms with van der Waals surface area (Å²) in [6, 6.07) is 10.3. The van der Waals surface area contributed by atoms with Crippen molar-refractivity contribution < 1.29 is 4.79 Å². The minimum atomic E-state index is 0.170. The van der Waals surface area contributed by atoms with E-state index < -0.39 is 0 Å². The van der Waals surface area contributed by atoms with Gasteiger partial charge in [0.1, 0.15) is 0 Å². The fourth-order valence-corrected chi connectivity index (χ4v) is 2.66. The monoisotopic (exact) mass is 260 g/mol. The SMILES string of the molecule is CCCN(Cc1ccccc1)C(=O)[C@H]1CCCNC1. The standard InChI is InChI=1S/C16H24N2O/c1-2-11-18(13-14-7-4-3-5-8-14)16(19)15-9-6-10-17-12-15/h3-5,7-8,15,17H,2,6,9-13H2,1H3/t15-/m0/s1. The van der Waals surface area contributed by atoms with Crippen molar-refractivity contribution in [1.82, 2.24) is 10.2 Å². The molecule has 1 heterocycles. The maximum absolute atomic E-state index is 12.6. The van der Waals surface area contributed by atoms with Gasteiger partial charge in [0.15, 0.2) is 0 Å². The Morgan fingerprint density at radius 2 is 2.16 bits per heavy atom. The minimum absolute atomic E-state index is 0.170. The van der Waals surface area contributed by atoms with E-state index in [9.17, 15) is 4.79 Å². The molecule has 19 heavy (non-hydrogen) atoms. The van der Waals surface area contributed by atoms with Crippen molar-refractivity contribution in [1.29, 1.82) is 0 Å². The second-order valence-electron chi connectivity index (χ2n) is 5.29. The van der Waals surface area contributed by atoms with E-state index in [-0.39, 0.29) is 5.92 Å². The molecule has 0 bridgehead atoms. The van der Waals surface area contributed by atoms with Crippen LogP contribution in [0.4, 0.5) is 0 Å². The molecule has 1 amide bonds. The highest BCUT2D eigenvalue weighted by Gasteiger charge is 2.25. The summed E-state index contributed by atoms with van der Waals surface area (Å²) in [5.41, 5.74) is 1.22. The van der Waals surface area contributed by atoms with E-state index in [1.807, 2.05) is 23.1 Å². The Morgan fingerprint density at radius 3 is 2.79 bits per heavy atom. The van der Waals surface area contributed by atoms with Crippen LogP contribution in [-0.2, 0) is 11.3 Å². The Morgan fingerprint density at radius 1 is 1.37 bits per heavy atom. The number of piperidine rings is 1. The fraction of sp³-hybridized carbons (Fsp3) is 0.562. The van der Waals surface area contributed by atoms with Gasteiger partial charge in [0.05, 0.1) is 5.92 Å². The first-order chi connectivity index (χ1) is 9.31. The average Bonchev–Trinajstić information content (AvgIpc) is 2.48. The molecule has 0 radical (unpaired) electrons. The summed E-state index contributed by atoms with van der Waals surface area (Å²) in [5.74, 6) is 0.488. The van der Waals surface area contributed by atoms with Crippen molar-refractivity contribution in [2.24, 2.45) is 5.92 Å². The first kappa shape index (κ1) is 14.1. The zero-order valence-electron chi connectivity index (χ0n) is 11.8. The topological polar surface area (TPSA) is 32.3 Å². The van der Waals surface area contributed by atoms with Crippen molar-refractivity contribution in [2.75, 3.05) is 19.6 Å². The molecule has 0 saturated carbocycles. The van der Waals surface area contributed by atoms with Gasteiger partial charge >= 0.3 is 0 Å². The van der Waals surface area contributed by atoms with Crippen LogP contribution in [0.15, 0.2) is 30.3 Å². The van der Waals surface area contributed by atoms with Crippen molar-refractivity contribution in [3.8, 4) is 0 Å². The first-order valence-electron chi connectivity index (χ1n) is 7.34. The number of hydrogen-bond donors (Lipinski definition) is 1. The fourth-order valence-electron chi connectivity index (χ4n) is 2.66. The quantitative estimate of drug-likeness (QED) is 0.882. The van der Waals surface area contributed by atoms with Crippen LogP contribution in [0.1, 0.15) is 31.7 Å². The Hall–Kier alpha value is -1.35. The molecule has 3 nitrogen and oxygen atoms in total. The maximum atomic E-state index is 12.6. The highest BCUT2D eigenvalue weighted by atomic mass is 16.2. The predicted molar refractivity (Wildman–Crippen MR) is 77.7 cm³/mol. The third kappa shape index (κ3) is 4.06. The summed E-state index contributed by atoms with van der Waals surface area (Å²) in [4.78, 5) is 14.6. The molecule has 1 aliphatic heterocycles. The van der Waals surface area contributed by atoms with Gasteiger partial charge in [0, 0.05) is 19.6 Å². The Labute approximate surface area is 116 Å². The van der Waals surface area contributed by atoms with E-state index in [0.717, 1.165) is 45.4 Å². The molecule has 1 N–H and O–H groups in total. The molecule has 1 aromatic rings. The Balaban J connectivity index is 2.00. The van der Waals surface area contributed by atoms with Gasteiger partial charge in [-0.2, -0.15) is 0 Å². The van der Waals surface area contributed by atoms with E-state index in [2.05, 4.69) is 24.4 Å². The number of rotatable bonds is 5. The van der Waals surface area contributed by atoms with Gasteiger partial charge in [-0.1, -0.05) is 37.3 Å². The average molecular weight is 260 g/mol. The number of nitrogens with zero attached hydrogens (tertiary/aromatic N) is 1. The van der Waals surface area contributed by atoms with Gasteiger partial charge in [-0.15, -0.1) is 0 Å². The summed E-state index contributed by atoms with van der Waals surface area (Å²) in [6.07, 6.45) is 3.15. The van der Waals surface area contributed by atoms with Gasteiger partial charge in [0.2, 0.25) is 5.91 Å². The Bertz CT molecular complexity index is 385. The molecule has 1 atom stereocenters. The Kier molecular flexibility index (Phi) is 5.40. The van der Waals surface area contributed by atoms with Crippen LogP contribution in [0.3, 0.4) is 0 Å². The number of carbonyl (C=O) groups is 1. The van der Waals surface area contributed by atoms with E-state index in [1.54, 1.807) is 0 Å². The zero-order valence-corrected chi connectivity index (χ0v) is 11.8. The minimum Gasteiger partial charge on any atom is -0.338 e. The molecular weight excluding hydrogens is 236 g/mol. The maximum Gasteiger partial charge on any atom is 0.227 e. The van der Waals surface area contributed by atoms with Crippen LogP contribution in [0.5, 0.6) is 0 Å². The molecule has 0 spiro atoms.